The van der Waals surface area contributed by atoms with Crippen LogP contribution in [-0.2, 0) is 0 Å². The normalized spacial score (nSPS) is 10.5. The fourth-order valence-electron chi connectivity index (χ4n) is 1.32. The minimum absolute atomic E-state index is 0.00150. The number of rotatable bonds is 2. The molecule has 3 nitrogen and oxygen atoms in total. The van der Waals surface area contributed by atoms with Crippen molar-refractivity contribution in [2.75, 3.05) is 0 Å². The van der Waals surface area contributed by atoms with Gasteiger partial charge in [0.15, 0.2) is 16.7 Å². The number of aromatic nitrogens is 2. The molecule has 94 valence electrons. The molecule has 0 radical (unpaired) electrons. The standard InChI is InChI=1S/C12H9Cl2FN2O/c1-6-7(2)12(17-16-11(6)14)18-9-5-3-4-8(13)10(9)15/h3-5H,1-2H3. The molecule has 0 saturated carbocycles. The third-order valence-electron chi connectivity index (χ3n) is 2.54. The van der Waals surface area contributed by atoms with E-state index in [2.05, 4.69) is 10.2 Å². The highest BCUT2D eigenvalue weighted by Gasteiger charge is 2.13. The van der Waals surface area contributed by atoms with Gasteiger partial charge in [0.05, 0.1) is 5.02 Å². The van der Waals surface area contributed by atoms with Crippen LogP contribution in [0, 0.1) is 19.7 Å². The number of hydrogen-bond donors (Lipinski definition) is 0. The number of ether oxygens (including phenoxy) is 1. The predicted octanol–water partition coefficient (Wildman–Crippen LogP) is 4.33. The number of halogens is 3. The van der Waals surface area contributed by atoms with Gasteiger partial charge in [-0.3, -0.25) is 0 Å². The summed E-state index contributed by atoms with van der Waals surface area (Å²) >= 11 is 11.5. The van der Waals surface area contributed by atoms with Gasteiger partial charge in [0, 0.05) is 5.56 Å². The van der Waals surface area contributed by atoms with Crippen LogP contribution in [0.2, 0.25) is 10.2 Å². The Hall–Kier alpha value is -1.39. The van der Waals surface area contributed by atoms with Crippen molar-refractivity contribution in [3.8, 4) is 11.6 Å². The molecule has 2 aromatic rings. The third kappa shape index (κ3) is 2.40. The molecule has 0 fully saturated rings. The molecule has 6 heteroatoms. The Balaban J connectivity index is 2.41. The first-order chi connectivity index (χ1) is 8.50. The van der Waals surface area contributed by atoms with Crippen LogP contribution in [0.4, 0.5) is 4.39 Å². The zero-order chi connectivity index (χ0) is 13.3. The summed E-state index contributed by atoms with van der Waals surface area (Å²) in [6, 6.07) is 4.49. The summed E-state index contributed by atoms with van der Waals surface area (Å²) < 4.78 is 19.0. The van der Waals surface area contributed by atoms with Crippen LogP contribution in [0.3, 0.4) is 0 Å². The maximum atomic E-state index is 13.7. The fourth-order valence-corrected chi connectivity index (χ4v) is 1.66. The summed E-state index contributed by atoms with van der Waals surface area (Å²) in [6.07, 6.45) is 0. The monoisotopic (exact) mass is 286 g/mol. The zero-order valence-corrected chi connectivity index (χ0v) is 11.2. The summed E-state index contributed by atoms with van der Waals surface area (Å²) in [6.45, 7) is 3.56. The van der Waals surface area contributed by atoms with Crippen LogP contribution >= 0.6 is 23.2 Å². The summed E-state index contributed by atoms with van der Waals surface area (Å²) in [5, 5.41) is 7.80. The van der Waals surface area contributed by atoms with E-state index in [1.54, 1.807) is 19.9 Å². The van der Waals surface area contributed by atoms with Crippen LogP contribution in [0.25, 0.3) is 0 Å². The molecule has 1 aromatic heterocycles. The molecule has 0 bridgehead atoms. The zero-order valence-electron chi connectivity index (χ0n) is 9.67. The van der Waals surface area contributed by atoms with E-state index in [9.17, 15) is 4.39 Å². The number of benzene rings is 1. The molecule has 0 aliphatic carbocycles. The molecule has 0 amide bonds. The summed E-state index contributed by atoms with van der Waals surface area (Å²) in [5.74, 6) is -0.423. The lowest BCUT2D eigenvalue weighted by molar-refractivity contribution is 0.418. The molecule has 0 atom stereocenters. The second kappa shape index (κ2) is 5.08. The molecule has 0 aliphatic heterocycles. The predicted molar refractivity (Wildman–Crippen MR) is 68.0 cm³/mol. The molecule has 1 heterocycles. The number of nitrogens with zero attached hydrogens (tertiary/aromatic N) is 2. The Morgan fingerprint density at radius 3 is 2.56 bits per heavy atom. The Bertz CT molecular complexity index is 605. The van der Waals surface area contributed by atoms with E-state index in [-0.39, 0.29) is 16.7 Å². The molecule has 0 N–H and O–H groups in total. The highest BCUT2D eigenvalue weighted by molar-refractivity contribution is 6.31. The highest BCUT2D eigenvalue weighted by atomic mass is 35.5. The SMILES string of the molecule is Cc1c(Cl)nnc(Oc2cccc(Cl)c2F)c1C. The van der Waals surface area contributed by atoms with Gasteiger partial charge in [0.1, 0.15) is 0 Å². The van der Waals surface area contributed by atoms with Gasteiger partial charge in [-0.2, -0.15) is 0 Å². The largest absolute Gasteiger partial charge is 0.434 e. The molecule has 0 spiro atoms. The molecular weight excluding hydrogens is 278 g/mol. The van der Waals surface area contributed by atoms with Crippen LogP contribution in [0.1, 0.15) is 11.1 Å². The quantitative estimate of drug-likeness (QED) is 0.824. The first-order valence-electron chi connectivity index (χ1n) is 5.12. The van der Waals surface area contributed by atoms with Gasteiger partial charge in [0.25, 0.3) is 0 Å². The third-order valence-corrected chi connectivity index (χ3v) is 3.20. The summed E-state index contributed by atoms with van der Waals surface area (Å²) in [5.41, 5.74) is 1.44. The Kier molecular flexibility index (Phi) is 3.68. The lowest BCUT2D eigenvalue weighted by atomic mass is 10.2. The van der Waals surface area contributed by atoms with Crippen molar-refractivity contribution in [2.45, 2.75) is 13.8 Å². The molecule has 18 heavy (non-hydrogen) atoms. The van der Waals surface area contributed by atoms with E-state index < -0.39 is 5.82 Å². The van der Waals surface area contributed by atoms with Gasteiger partial charge in [-0.15, -0.1) is 10.2 Å². The average Bonchev–Trinajstić information content (AvgIpc) is 2.35. The van der Waals surface area contributed by atoms with Crippen LogP contribution in [0.15, 0.2) is 18.2 Å². The Morgan fingerprint density at radius 1 is 1.11 bits per heavy atom. The van der Waals surface area contributed by atoms with E-state index >= 15 is 0 Å². The Morgan fingerprint density at radius 2 is 1.83 bits per heavy atom. The maximum Gasteiger partial charge on any atom is 0.242 e. The molecule has 2 rings (SSSR count). The first-order valence-corrected chi connectivity index (χ1v) is 5.87. The van der Waals surface area contributed by atoms with E-state index in [1.165, 1.54) is 12.1 Å². The minimum Gasteiger partial charge on any atom is -0.434 e. The van der Waals surface area contributed by atoms with E-state index in [0.29, 0.717) is 10.7 Å². The van der Waals surface area contributed by atoms with Crippen molar-refractivity contribution >= 4 is 23.2 Å². The van der Waals surface area contributed by atoms with E-state index in [1.807, 2.05) is 0 Å². The average molecular weight is 287 g/mol. The van der Waals surface area contributed by atoms with Crippen LogP contribution < -0.4 is 4.74 Å². The summed E-state index contributed by atoms with van der Waals surface area (Å²) in [7, 11) is 0. The molecule has 0 saturated heterocycles. The van der Waals surface area contributed by atoms with Gasteiger partial charge < -0.3 is 4.74 Å². The highest BCUT2D eigenvalue weighted by Crippen LogP contribution is 2.30. The summed E-state index contributed by atoms with van der Waals surface area (Å²) in [4.78, 5) is 0. The van der Waals surface area contributed by atoms with Gasteiger partial charge in [-0.25, -0.2) is 4.39 Å². The van der Waals surface area contributed by atoms with Crippen molar-refractivity contribution in [3.05, 3.63) is 45.3 Å². The second-order valence-electron chi connectivity index (χ2n) is 3.70. The second-order valence-corrected chi connectivity index (χ2v) is 4.47. The van der Waals surface area contributed by atoms with Crippen molar-refractivity contribution < 1.29 is 9.13 Å². The molecular formula is C12H9Cl2FN2O. The Labute approximate surface area is 114 Å². The topological polar surface area (TPSA) is 35.0 Å². The van der Waals surface area contributed by atoms with Gasteiger partial charge in [-0.05, 0) is 31.5 Å². The molecule has 0 unspecified atom stereocenters. The van der Waals surface area contributed by atoms with Crippen molar-refractivity contribution in [1.82, 2.24) is 10.2 Å². The van der Waals surface area contributed by atoms with Crippen LogP contribution in [0.5, 0.6) is 11.6 Å². The van der Waals surface area contributed by atoms with Crippen molar-refractivity contribution in [1.29, 1.82) is 0 Å². The minimum atomic E-state index is -0.632. The van der Waals surface area contributed by atoms with Gasteiger partial charge in [-0.1, -0.05) is 29.3 Å². The van der Waals surface area contributed by atoms with Crippen LogP contribution in [-0.4, -0.2) is 10.2 Å². The van der Waals surface area contributed by atoms with Gasteiger partial charge in [0.2, 0.25) is 5.88 Å². The van der Waals surface area contributed by atoms with Gasteiger partial charge >= 0.3 is 0 Å². The lowest BCUT2D eigenvalue weighted by Crippen LogP contribution is -1.99. The maximum absolute atomic E-state index is 13.7. The first kappa shape index (κ1) is 13.1. The van der Waals surface area contributed by atoms with Crippen molar-refractivity contribution in [3.63, 3.8) is 0 Å². The smallest absolute Gasteiger partial charge is 0.242 e. The molecule has 0 aliphatic rings. The molecule has 1 aromatic carbocycles. The van der Waals surface area contributed by atoms with E-state index in [0.717, 1.165) is 5.56 Å². The lowest BCUT2D eigenvalue weighted by Gasteiger charge is -2.10. The number of hydrogen-bond acceptors (Lipinski definition) is 3. The fraction of sp³-hybridized carbons (Fsp3) is 0.167. The van der Waals surface area contributed by atoms with E-state index in [4.69, 9.17) is 27.9 Å². The van der Waals surface area contributed by atoms with Crippen molar-refractivity contribution in [2.24, 2.45) is 0 Å².